The Morgan fingerprint density at radius 3 is 2.85 bits per heavy atom. The lowest BCUT2D eigenvalue weighted by atomic mass is 9.96. The highest BCUT2D eigenvalue weighted by atomic mass is 32.1. The lowest BCUT2D eigenvalue weighted by molar-refractivity contribution is 0.0973. The second-order valence-corrected chi connectivity index (χ2v) is 7.83. The Balaban J connectivity index is 1.65. The number of ketones is 1. The predicted octanol–water partition coefficient (Wildman–Crippen LogP) is 5.05. The standard InChI is InChI=1S/C21H18N4OS/c1-13-6-4-7-14(12-13)22-20-19-16(9-5-10-17(19)26)25(24-20)21-23-15-8-2-3-11-18(15)27-21/h2-4,6-8,11-12H,5,9-10H2,1H3,(H,22,24). The van der Waals surface area contributed by atoms with Crippen molar-refractivity contribution in [1.82, 2.24) is 14.8 Å². The third-order valence-corrected chi connectivity index (χ3v) is 5.83. The fourth-order valence-electron chi connectivity index (χ4n) is 3.57. The number of hydrogen-bond donors (Lipinski definition) is 1. The number of Topliss-reactive ketones (excluding diaryl/α,β-unsaturated/α-hetero) is 1. The maximum absolute atomic E-state index is 12.7. The van der Waals surface area contributed by atoms with Crippen LogP contribution in [0.25, 0.3) is 15.3 Å². The van der Waals surface area contributed by atoms with E-state index in [9.17, 15) is 4.79 Å². The fourth-order valence-corrected chi connectivity index (χ4v) is 4.52. The molecular weight excluding hydrogens is 356 g/mol. The van der Waals surface area contributed by atoms with Gasteiger partial charge in [0.1, 0.15) is 0 Å². The normalized spacial score (nSPS) is 13.7. The number of rotatable bonds is 3. The molecule has 1 aliphatic rings. The van der Waals surface area contributed by atoms with Gasteiger partial charge in [-0.25, -0.2) is 9.67 Å². The van der Waals surface area contributed by atoms with Gasteiger partial charge in [0.25, 0.3) is 0 Å². The minimum Gasteiger partial charge on any atom is -0.338 e. The Labute approximate surface area is 160 Å². The maximum atomic E-state index is 12.7. The van der Waals surface area contributed by atoms with E-state index in [0.717, 1.165) is 45.1 Å². The minimum absolute atomic E-state index is 0.152. The van der Waals surface area contributed by atoms with E-state index in [1.807, 2.05) is 48.0 Å². The molecule has 0 spiro atoms. The van der Waals surface area contributed by atoms with Gasteiger partial charge in [-0.1, -0.05) is 35.6 Å². The SMILES string of the molecule is Cc1cccc(Nc2nn(-c3nc4ccccc4s3)c3c2C(=O)CCC3)c1. The van der Waals surface area contributed by atoms with Crippen molar-refractivity contribution in [2.45, 2.75) is 26.2 Å². The van der Waals surface area contributed by atoms with Crippen molar-refractivity contribution >= 4 is 38.8 Å². The van der Waals surface area contributed by atoms with Crippen LogP contribution >= 0.6 is 11.3 Å². The van der Waals surface area contributed by atoms with Gasteiger partial charge < -0.3 is 5.32 Å². The largest absolute Gasteiger partial charge is 0.338 e. The number of nitrogens with zero attached hydrogens (tertiary/aromatic N) is 3. The first-order chi connectivity index (χ1) is 13.2. The smallest absolute Gasteiger partial charge is 0.211 e. The summed E-state index contributed by atoms with van der Waals surface area (Å²) in [7, 11) is 0. The van der Waals surface area contributed by atoms with Gasteiger partial charge in [0, 0.05) is 12.1 Å². The lowest BCUT2D eigenvalue weighted by Gasteiger charge is -2.12. The van der Waals surface area contributed by atoms with Gasteiger partial charge in [-0.05, 0) is 49.6 Å². The molecule has 1 aliphatic carbocycles. The Hall–Kier alpha value is -2.99. The van der Waals surface area contributed by atoms with Crippen molar-refractivity contribution in [1.29, 1.82) is 0 Å². The molecule has 1 N–H and O–H groups in total. The van der Waals surface area contributed by atoms with Crippen LogP contribution in [0.2, 0.25) is 0 Å². The van der Waals surface area contributed by atoms with E-state index in [0.29, 0.717) is 17.8 Å². The minimum atomic E-state index is 0.152. The molecule has 6 heteroatoms. The van der Waals surface area contributed by atoms with E-state index >= 15 is 0 Å². The van der Waals surface area contributed by atoms with Crippen molar-refractivity contribution < 1.29 is 4.79 Å². The molecule has 0 saturated heterocycles. The zero-order chi connectivity index (χ0) is 18.4. The topological polar surface area (TPSA) is 59.8 Å². The van der Waals surface area contributed by atoms with Crippen LogP contribution in [0.15, 0.2) is 48.5 Å². The Morgan fingerprint density at radius 2 is 2.00 bits per heavy atom. The molecule has 0 amide bonds. The Bertz CT molecular complexity index is 1140. The van der Waals surface area contributed by atoms with Gasteiger partial charge in [0.15, 0.2) is 11.6 Å². The highest BCUT2D eigenvalue weighted by Gasteiger charge is 2.28. The number of nitrogens with one attached hydrogen (secondary N) is 1. The van der Waals surface area contributed by atoms with Crippen LogP contribution < -0.4 is 5.32 Å². The van der Waals surface area contributed by atoms with E-state index in [1.54, 1.807) is 11.3 Å². The molecule has 0 unspecified atom stereocenters. The molecule has 27 heavy (non-hydrogen) atoms. The summed E-state index contributed by atoms with van der Waals surface area (Å²) in [5, 5.41) is 8.92. The van der Waals surface area contributed by atoms with Gasteiger partial charge in [0.05, 0.1) is 21.5 Å². The average Bonchev–Trinajstić information content (AvgIpc) is 3.24. The molecule has 5 nitrogen and oxygen atoms in total. The third kappa shape index (κ3) is 2.82. The van der Waals surface area contributed by atoms with Crippen LogP contribution in [0.3, 0.4) is 0 Å². The molecule has 0 atom stereocenters. The lowest BCUT2D eigenvalue weighted by Crippen LogP contribution is -2.13. The van der Waals surface area contributed by atoms with Gasteiger partial charge in [0.2, 0.25) is 5.13 Å². The second-order valence-electron chi connectivity index (χ2n) is 6.82. The molecule has 0 bridgehead atoms. The van der Waals surface area contributed by atoms with Crippen LogP contribution in [0.5, 0.6) is 0 Å². The number of thiazole rings is 1. The van der Waals surface area contributed by atoms with Gasteiger partial charge in [-0.15, -0.1) is 5.10 Å². The quantitative estimate of drug-likeness (QED) is 0.545. The summed E-state index contributed by atoms with van der Waals surface area (Å²) >= 11 is 1.60. The number of benzene rings is 2. The molecule has 2 aromatic heterocycles. The summed E-state index contributed by atoms with van der Waals surface area (Å²) in [6.45, 7) is 2.05. The maximum Gasteiger partial charge on any atom is 0.211 e. The van der Waals surface area contributed by atoms with Gasteiger partial charge >= 0.3 is 0 Å². The Morgan fingerprint density at radius 1 is 1.11 bits per heavy atom. The molecule has 0 fully saturated rings. The number of para-hydroxylation sites is 1. The highest BCUT2D eigenvalue weighted by molar-refractivity contribution is 7.20. The van der Waals surface area contributed by atoms with E-state index in [1.165, 1.54) is 0 Å². The monoisotopic (exact) mass is 374 g/mol. The van der Waals surface area contributed by atoms with Crippen molar-refractivity contribution in [3.8, 4) is 5.13 Å². The van der Waals surface area contributed by atoms with Crippen LogP contribution in [0, 0.1) is 6.92 Å². The first kappa shape index (κ1) is 16.2. The molecule has 2 aromatic carbocycles. The summed E-state index contributed by atoms with van der Waals surface area (Å²) in [5.74, 6) is 0.776. The molecule has 4 aromatic rings. The van der Waals surface area contributed by atoms with Gasteiger partial charge in [-0.3, -0.25) is 4.79 Å². The van der Waals surface area contributed by atoms with Crippen molar-refractivity contribution in [2.75, 3.05) is 5.32 Å². The molecule has 0 aliphatic heterocycles. The summed E-state index contributed by atoms with van der Waals surface area (Å²) in [5.41, 5.74) is 4.72. The van der Waals surface area contributed by atoms with E-state index < -0.39 is 0 Å². The van der Waals surface area contributed by atoms with Crippen LogP contribution in [-0.2, 0) is 6.42 Å². The fraction of sp³-hybridized carbons (Fsp3) is 0.190. The zero-order valence-corrected chi connectivity index (χ0v) is 15.7. The first-order valence-electron chi connectivity index (χ1n) is 9.04. The van der Waals surface area contributed by atoms with Crippen molar-refractivity contribution in [3.05, 3.63) is 65.4 Å². The summed E-state index contributed by atoms with van der Waals surface area (Å²) in [4.78, 5) is 17.4. The number of anilines is 2. The Kier molecular flexibility index (Phi) is 3.79. The van der Waals surface area contributed by atoms with Crippen LogP contribution in [0.4, 0.5) is 11.5 Å². The molecule has 134 valence electrons. The zero-order valence-electron chi connectivity index (χ0n) is 14.9. The average molecular weight is 374 g/mol. The first-order valence-corrected chi connectivity index (χ1v) is 9.85. The number of hydrogen-bond acceptors (Lipinski definition) is 5. The number of fused-ring (bicyclic) bond motifs is 2. The summed E-state index contributed by atoms with van der Waals surface area (Å²) in [6, 6.07) is 16.1. The number of aryl methyl sites for hydroxylation is 1. The number of carbonyl (C=O) groups excluding carboxylic acids is 1. The molecule has 0 radical (unpaired) electrons. The predicted molar refractivity (Wildman–Crippen MR) is 108 cm³/mol. The highest BCUT2D eigenvalue weighted by Crippen LogP contribution is 2.34. The molecule has 5 rings (SSSR count). The molecule has 0 saturated carbocycles. The summed E-state index contributed by atoms with van der Waals surface area (Å²) < 4.78 is 2.97. The van der Waals surface area contributed by atoms with Gasteiger partial charge in [-0.2, -0.15) is 0 Å². The summed E-state index contributed by atoms with van der Waals surface area (Å²) in [6.07, 6.45) is 2.26. The van der Waals surface area contributed by atoms with Crippen LogP contribution in [-0.4, -0.2) is 20.5 Å². The number of carbonyl (C=O) groups is 1. The second kappa shape index (κ2) is 6.32. The molecule has 2 heterocycles. The molecular formula is C21H18N4OS. The van der Waals surface area contributed by atoms with Crippen molar-refractivity contribution in [2.24, 2.45) is 0 Å². The third-order valence-electron chi connectivity index (χ3n) is 4.82. The number of aromatic nitrogens is 3. The van der Waals surface area contributed by atoms with E-state index in [4.69, 9.17) is 10.1 Å². The van der Waals surface area contributed by atoms with Crippen molar-refractivity contribution in [3.63, 3.8) is 0 Å². The van der Waals surface area contributed by atoms with Crippen LogP contribution in [0.1, 0.15) is 34.5 Å². The van der Waals surface area contributed by atoms with E-state index in [-0.39, 0.29) is 5.78 Å². The van der Waals surface area contributed by atoms with E-state index in [2.05, 4.69) is 17.4 Å².